The van der Waals surface area contributed by atoms with Crippen LogP contribution in [0.5, 0.6) is 5.75 Å². The number of fused-ring (bicyclic) bond motifs is 1. The van der Waals surface area contributed by atoms with Crippen molar-refractivity contribution in [1.82, 2.24) is 5.32 Å². The van der Waals surface area contributed by atoms with E-state index in [9.17, 15) is 4.79 Å². The van der Waals surface area contributed by atoms with Gasteiger partial charge in [-0.2, -0.15) is 0 Å². The molecule has 0 aliphatic carbocycles. The van der Waals surface area contributed by atoms with Gasteiger partial charge in [-0.3, -0.25) is 4.79 Å². The monoisotopic (exact) mass is 351 g/mol. The predicted molar refractivity (Wildman–Crippen MR) is 104 cm³/mol. The number of hydrogen-bond donors (Lipinski definition) is 2. The average Bonchev–Trinajstić information content (AvgIpc) is 3.29. The fourth-order valence-electron chi connectivity index (χ4n) is 3.92. The second-order valence-electron chi connectivity index (χ2n) is 7.13. The molecule has 2 aromatic rings. The van der Waals surface area contributed by atoms with E-state index < -0.39 is 0 Å². The zero-order chi connectivity index (χ0) is 18.1. The van der Waals surface area contributed by atoms with Crippen LogP contribution in [-0.2, 0) is 4.79 Å². The molecule has 1 amide bonds. The van der Waals surface area contributed by atoms with Crippen LogP contribution < -0.4 is 20.3 Å². The number of rotatable bonds is 4. The molecule has 0 bridgehead atoms. The summed E-state index contributed by atoms with van der Waals surface area (Å²) in [5.74, 6) is 0.734. The molecule has 0 aromatic heterocycles. The zero-order valence-electron chi connectivity index (χ0n) is 15.3. The fourth-order valence-corrected chi connectivity index (χ4v) is 3.92. The quantitative estimate of drug-likeness (QED) is 0.889. The van der Waals surface area contributed by atoms with E-state index in [0.717, 1.165) is 36.5 Å². The van der Waals surface area contributed by atoms with Crippen molar-refractivity contribution < 1.29 is 9.53 Å². The van der Waals surface area contributed by atoms with E-state index in [2.05, 4.69) is 46.7 Å². The van der Waals surface area contributed by atoms with Crippen LogP contribution in [0.4, 0.5) is 11.4 Å². The second-order valence-corrected chi connectivity index (χ2v) is 7.13. The van der Waals surface area contributed by atoms with Gasteiger partial charge >= 0.3 is 0 Å². The molecule has 2 aliphatic rings. The molecule has 1 saturated heterocycles. The van der Waals surface area contributed by atoms with Gasteiger partial charge in [-0.25, -0.2) is 0 Å². The van der Waals surface area contributed by atoms with Crippen LogP contribution in [0.1, 0.15) is 23.5 Å². The van der Waals surface area contributed by atoms with Gasteiger partial charge in [-0.15, -0.1) is 0 Å². The van der Waals surface area contributed by atoms with Crippen molar-refractivity contribution in [3.8, 4) is 5.75 Å². The lowest BCUT2D eigenvalue weighted by molar-refractivity contribution is -0.122. The van der Waals surface area contributed by atoms with Crippen molar-refractivity contribution in [2.24, 2.45) is 0 Å². The van der Waals surface area contributed by atoms with Gasteiger partial charge < -0.3 is 20.3 Å². The van der Waals surface area contributed by atoms with Gasteiger partial charge in [0.2, 0.25) is 5.91 Å². The van der Waals surface area contributed by atoms with E-state index in [1.54, 1.807) is 7.11 Å². The number of amides is 1. The first-order valence-corrected chi connectivity index (χ1v) is 9.18. The molecule has 2 aromatic carbocycles. The number of aryl methyl sites for hydroxylation is 1. The molecule has 1 fully saturated rings. The molecule has 0 spiro atoms. The summed E-state index contributed by atoms with van der Waals surface area (Å²) in [7, 11) is 1.66. The molecule has 2 aliphatic heterocycles. The van der Waals surface area contributed by atoms with Crippen LogP contribution in [0.25, 0.3) is 0 Å². The number of methoxy groups -OCH3 is 1. The highest BCUT2D eigenvalue weighted by molar-refractivity contribution is 5.89. The first-order chi connectivity index (χ1) is 12.7. The Morgan fingerprint density at radius 3 is 2.81 bits per heavy atom. The summed E-state index contributed by atoms with van der Waals surface area (Å²) in [5, 5.41) is 6.57. The molecular formula is C21H25N3O2. The van der Waals surface area contributed by atoms with E-state index in [4.69, 9.17) is 4.74 Å². The Morgan fingerprint density at radius 2 is 2.04 bits per heavy atom. The molecule has 26 heavy (non-hydrogen) atoms. The van der Waals surface area contributed by atoms with Crippen molar-refractivity contribution in [2.45, 2.75) is 25.3 Å². The first kappa shape index (κ1) is 16.8. The number of anilines is 2. The van der Waals surface area contributed by atoms with Gasteiger partial charge in [0.15, 0.2) is 0 Å². The minimum atomic E-state index is -0.159. The topological polar surface area (TPSA) is 53.6 Å². The van der Waals surface area contributed by atoms with E-state index >= 15 is 0 Å². The Balaban J connectivity index is 1.40. The number of carbonyl (C=O) groups is 1. The summed E-state index contributed by atoms with van der Waals surface area (Å²) in [4.78, 5) is 15.2. The number of nitrogens with zero attached hydrogens (tertiary/aromatic N) is 1. The van der Waals surface area contributed by atoms with E-state index in [0.29, 0.717) is 6.54 Å². The summed E-state index contributed by atoms with van der Waals surface area (Å²) in [6.07, 6.45) is 0.977. The van der Waals surface area contributed by atoms with Gasteiger partial charge in [0, 0.05) is 31.4 Å². The van der Waals surface area contributed by atoms with Crippen molar-refractivity contribution in [3.63, 3.8) is 0 Å². The molecule has 2 atom stereocenters. The van der Waals surface area contributed by atoms with Crippen molar-refractivity contribution in [3.05, 3.63) is 53.6 Å². The highest BCUT2D eigenvalue weighted by Crippen LogP contribution is 2.38. The summed E-state index contributed by atoms with van der Waals surface area (Å²) < 4.78 is 5.39. The Labute approximate surface area is 154 Å². The Kier molecular flexibility index (Phi) is 4.45. The zero-order valence-corrected chi connectivity index (χ0v) is 15.3. The Hall–Kier alpha value is -2.69. The highest BCUT2D eigenvalue weighted by Gasteiger charge is 2.33. The number of nitrogens with one attached hydrogen (secondary N) is 2. The predicted octanol–water partition coefficient (Wildman–Crippen LogP) is 2.91. The van der Waals surface area contributed by atoms with Gasteiger partial charge in [0.05, 0.1) is 18.7 Å². The molecular weight excluding hydrogens is 326 g/mol. The number of ether oxygens (including phenoxy) is 1. The number of benzene rings is 2. The van der Waals surface area contributed by atoms with Crippen molar-refractivity contribution in [2.75, 3.05) is 37.0 Å². The minimum Gasteiger partial charge on any atom is -0.495 e. The lowest BCUT2D eigenvalue weighted by atomic mass is 9.99. The highest BCUT2D eigenvalue weighted by atomic mass is 16.5. The van der Waals surface area contributed by atoms with Crippen LogP contribution in [0.2, 0.25) is 0 Å². The van der Waals surface area contributed by atoms with Gasteiger partial charge in [-0.1, -0.05) is 29.8 Å². The average molecular weight is 351 g/mol. The summed E-state index contributed by atoms with van der Waals surface area (Å²) in [6.45, 7) is 4.55. The maximum Gasteiger partial charge on any atom is 0.229 e. The standard InChI is InChI=1S/C21H25N3O2/c1-14-6-8-16(9-7-14)24-11-10-15(13-24)23-21(25)18-12-22-20-17(18)4-3-5-19(20)26-2/h3-9,15,18,22H,10-13H2,1-2H3,(H,23,25)/t15-,18?/m0/s1. The SMILES string of the molecule is COc1cccc2c1NCC2C(=O)N[C@H]1CCN(c2ccc(C)cc2)C1. The summed E-state index contributed by atoms with van der Waals surface area (Å²) in [6, 6.07) is 14.6. The molecule has 136 valence electrons. The molecule has 5 nitrogen and oxygen atoms in total. The molecule has 0 saturated carbocycles. The Bertz CT molecular complexity index is 803. The third-order valence-electron chi connectivity index (χ3n) is 5.39. The van der Waals surface area contributed by atoms with Crippen molar-refractivity contribution >= 4 is 17.3 Å². The van der Waals surface area contributed by atoms with Crippen LogP contribution in [0.3, 0.4) is 0 Å². The second kappa shape index (κ2) is 6.90. The lowest BCUT2D eigenvalue weighted by Crippen LogP contribution is -2.40. The summed E-state index contributed by atoms with van der Waals surface area (Å²) >= 11 is 0. The van der Waals surface area contributed by atoms with Crippen LogP contribution in [-0.4, -0.2) is 38.7 Å². The largest absolute Gasteiger partial charge is 0.495 e. The smallest absolute Gasteiger partial charge is 0.229 e. The number of para-hydroxylation sites is 1. The van der Waals surface area contributed by atoms with Gasteiger partial charge in [-0.05, 0) is 37.1 Å². The molecule has 2 N–H and O–H groups in total. The molecule has 0 radical (unpaired) electrons. The third-order valence-corrected chi connectivity index (χ3v) is 5.39. The van der Waals surface area contributed by atoms with Crippen LogP contribution >= 0.6 is 0 Å². The normalized spacial score (nSPS) is 21.2. The third kappa shape index (κ3) is 3.09. The van der Waals surface area contributed by atoms with E-state index in [1.165, 1.54) is 11.3 Å². The fraction of sp³-hybridized carbons (Fsp3) is 0.381. The van der Waals surface area contributed by atoms with Crippen molar-refractivity contribution in [1.29, 1.82) is 0 Å². The van der Waals surface area contributed by atoms with E-state index in [-0.39, 0.29) is 17.9 Å². The summed E-state index contributed by atoms with van der Waals surface area (Å²) in [5.41, 5.74) is 4.46. The molecule has 5 heteroatoms. The molecule has 4 rings (SSSR count). The minimum absolute atomic E-state index is 0.0975. The maximum atomic E-state index is 12.8. The van der Waals surface area contributed by atoms with Gasteiger partial charge in [0.1, 0.15) is 5.75 Å². The van der Waals surface area contributed by atoms with Crippen LogP contribution in [0.15, 0.2) is 42.5 Å². The molecule has 1 unspecified atom stereocenters. The Morgan fingerprint density at radius 1 is 1.23 bits per heavy atom. The molecule has 2 heterocycles. The van der Waals surface area contributed by atoms with E-state index in [1.807, 2.05) is 18.2 Å². The number of carbonyl (C=O) groups excluding carboxylic acids is 1. The van der Waals surface area contributed by atoms with Crippen LogP contribution in [0, 0.1) is 6.92 Å². The first-order valence-electron chi connectivity index (χ1n) is 9.18. The number of hydrogen-bond acceptors (Lipinski definition) is 4. The maximum absolute atomic E-state index is 12.8. The van der Waals surface area contributed by atoms with Gasteiger partial charge in [0.25, 0.3) is 0 Å². The lowest BCUT2D eigenvalue weighted by Gasteiger charge is -2.20.